The van der Waals surface area contributed by atoms with E-state index in [1.54, 1.807) is 32.5 Å². The normalized spacial score (nSPS) is 11.2. The summed E-state index contributed by atoms with van der Waals surface area (Å²) in [6.07, 6.45) is 2.61. The van der Waals surface area contributed by atoms with Gasteiger partial charge in [0.05, 0.1) is 7.11 Å². The number of hydrogen-bond acceptors (Lipinski definition) is 3. The molecule has 0 aliphatic carbocycles. The van der Waals surface area contributed by atoms with Crippen molar-refractivity contribution in [3.05, 3.63) is 57.8 Å². The summed E-state index contributed by atoms with van der Waals surface area (Å²) < 4.78 is 5.34. The van der Waals surface area contributed by atoms with Gasteiger partial charge in [0.15, 0.2) is 5.96 Å². The minimum Gasteiger partial charge on any atom is -0.496 e. The van der Waals surface area contributed by atoms with Crippen LogP contribution < -0.4 is 15.4 Å². The van der Waals surface area contributed by atoms with E-state index in [4.69, 9.17) is 27.9 Å². The molecule has 0 unspecified atom stereocenters. The maximum atomic E-state index is 5.97. The van der Waals surface area contributed by atoms with E-state index in [2.05, 4.69) is 20.6 Å². The Bertz CT molecular complexity index is 689. The van der Waals surface area contributed by atoms with Gasteiger partial charge in [-0.25, -0.2) is 4.98 Å². The maximum absolute atomic E-state index is 5.97. The fourth-order valence-corrected chi connectivity index (χ4v) is 2.42. The highest BCUT2D eigenvalue weighted by atomic mass is 35.5. The number of methoxy groups -OCH3 is 1. The predicted octanol–water partition coefficient (Wildman–Crippen LogP) is 3.30. The lowest BCUT2D eigenvalue weighted by atomic mass is 10.2. The van der Waals surface area contributed by atoms with Crippen molar-refractivity contribution < 1.29 is 4.74 Å². The van der Waals surface area contributed by atoms with Crippen LogP contribution in [0.3, 0.4) is 0 Å². The summed E-state index contributed by atoms with van der Waals surface area (Å²) in [6, 6.07) is 9.32. The Hall–Kier alpha value is -1.98. The fourth-order valence-electron chi connectivity index (χ4n) is 2.14. The molecule has 1 aromatic carbocycles. The summed E-state index contributed by atoms with van der Waals surface area (Å²) in [5.74, 6) is 1.46. The smallest absolute Gasteiger partial charge is 0.191 e. The van der Waals surface area contributed by atoms with Crippen LogP contribution in [0.5, 0.6) is 5.75 Å². The lowest BCUT2D eigenvalue weighted by Crippen LogP contribution is -2.37. The molecule has 24 heavy (non-hydrogen) atoms. The number of aliphatic imine (C=N–C) groups is 1. The molecule has 1 aromatic heterocycles. The van der Waals surface area contributed by atoms with Gasteiger partial charge in [0.2, 0.25) is 0 Å². The second kappa shape index (κ2) is 9.35. The summed E-state index contributed by atoms with van der Waals surface area (Å²) in [5, 5.41) is 7.67. The summed E-state index contributed by atoms with van der Waals surface area (Å²) >= 11 is 11.8. The molecular formula is C17H20Cl2N4O. The molecule has 2 aromatic rings. The molecule has 7 heteroatoms. The van der Waals surface area contributed by atoms with Crippen LogP contribution in [-0.4, -0.2) is 31.6 Å². The first-order valence-electron chi connectivity index (χ1n) is 7.49. The van der Waals surface area contributed by atoms with Crippen LogP contribution in [0, 0.1) is 0 Å². The third-order valence-corrected chi connectivity index (χ3v) is 3.87. The molecule has 0 spiro atoms. The summed E-state index contributed by atoms with van der Waals surface area (Å²) in [7, 11) is 3.36. The minimum atomic E-state index is 0.501. The molecule has 0 fully saturated rings. The molecule has 0 atom stereocenters. The third kappa shape index (κ3) is 5.58. The monoisotopic (exact) mass is 366 g/mol. The van der Waals surface area contributed by atoms with Crippen LogP contribution in [0.15, 0.2) is 41.5 Å². The molecule has 1 heterocycles. The molecule has 0 radical (unpaired) electrons. The quantitative estimate of drug-likeness (QED) is 0.467. The highest BCUT2D eigenvalue weighted by molar-refractivity contribution is 6.30. The van der Waals surface area contributed by atoms with Gasteiger partial charge in [0.1, 0.15) is 10.9 Å². The average molecular weight is 367 g/mol. The largest absolute Gasteiger partial charge is 0.496 e. The Kier molecular flexibility index (Phi) is 7.15. The van der Waals surface area contributed by atoms with Crippen LogP contribution >= 0.6 is 23.2 Å². The number of pyridine rings is 1. The highest BCUT2D eigenvalue weighted by Crippen LogP contribution is 2.22. The van der Waals surface area contributed by atoms with Gasteiger partial charge in [-0.2, -0.15) is 0 Å². The van der Waals surface area contributed by atoms with Crippen molar-refractivity contribution in [1.82, 2.24) is 15.6 Å². The number of hydrogen-bond donors (Lipinski definition) is 2. The van der Waals surface area contributed by atoms with Gasteiger partial charge in [-0.3, -0.25) is 4.99 Å². The second-order valence-corrected chi connectivity index (χ2v) is 5.87. The van der Waals surface area contributed by atoms with E-state index in [9.17, 15) is 0 Å². The van der Waals surface area contributed by atoms with Crippen LogP contribution in [0.4, 0.5) is 0 Å². The molecule has 5 nitrogen and oxygen atoms in total. The molecule has 2 N–H and O–H groups in total. The first-order chi connectivity index (χ1) is 11.6. The predicted molar refractivity (Wildman–Crippen MR) is 99.2 cm³/mol. The highest BCUT2D eigenvalue weighted by Gasteiger charge is 2.05. The summed E-state index contributed by atoms with van der Waals surface area (Å²) in [4.78, 5) is 8.28. The zero-order chi connectivity index (χ0) is 17.4. The van der Waals surface area contributed by atoms with Gasteiger partial charge < -0.3 is 15.4 Å². The third-order valence-electron chi connectivity index (χ3n) is 3.41. The Morgan fingerprint density at radius 3 is 2.71 bits per heavy atom. The first kappa shape index (κ1) is 18.4. The Balaban J connectivity index is 1.83. The number of rotatable bonds is 6. The van der Waals surface area contributed by atoms with Gasteiger partial charge in [0, 0.05) is 36.9 Å². The number of nitrogens with one attached hydrogen (secondary N) is 2. The number of guanidine groups is 1. The molecular weight excluding hydrogens is 347 g/mol. The van der Waals surface area contributed by atoms with Crippen molar-refractivity contribution in [3.8, 4) is 5.75 Å². The van der Waals surface area contributed by atoms with Crippen molar-refractivity contribution in [2.45, 2.75) is 13.0 Å². The number of halogens is 2. The summed E-state index contributed by atoms with van der Waals surface area (Å²) in [5.41, 5.74) is 2.12. The van der Waals surface area contributed by atoms with Gasteiger partial charge in [-0.05, 0) is 30.2 Å². The number of nitrogens with zero attached hydrogens (tertiary/aromatic N) is 2. The van der Waals surface area contributed by atoms with Gasteiger partial charge in [-0.1, -0.05) is 35.3 Å². The number of benzene rings is 1. The molecule has 0 saturated carbocycles. The van der Waals surface area contributed by atoms with Gasteiger partial charge in [0.25, 0.3) is 0 Å². The maximum Gasteiger partial charge on any atom is 0.191 e. The molecule has 128 valence electrons. The first-order valence-corrected chi connectivity index (χ1v) is 8.25. The van der Waals surface area contributed by atoms with Gasteiger partial charge >= 0.3 is 0 Å². The zero-order valence-electron chi connectivity index (χ0n) is 13.6. The Morgan fingerprint density at radius 2 is 2.04 bits per heavy atom. The van der Waals surface area contributed by atoms with Gasteiger partial charge in [-0.15, -0.1) is 0 Å². The number of ether oxygens (including phenoxy) is 1. The van der Waals surface area contributed by atoms with Crippen LogP contribution in [-0.2, 0) is 13.0 Å². The molecule has 0 saturated heterocycles. The second-order valence-electron chi connectivity index (χ2n) is 5.05. The van der Waals surface area contributed by atoms with E-state index in [1.165, 1.54) is 0 Å². The number of aromatic nitrogens is 1. The molecule has 2 rings (SSSR count). The fraction of sp³-hybridized carbons (Fsp3) is 0.294. The van der Waals surface area contributed by atoms with Crippen molar-refractivity contribution in [1.29, 1.82) is 0 Å². The Labute approximate surface area is 152 Å². The van der Waals surface area contributed by atoms with Crippen molar-refractivity contribution in [3.63, 3.8) is 0 Å². The van der Waals surface area contributed by atoms with E-state index < -0.39 is 0 Å². The Morgan fingerprint density at radius 1 is 1.21 bits per heavy atom. The van der Waals surface area contributed by atoms with E-state index in [1.807, 2.05) is 18.2 Å². The molecule has 0 aliphatic heterocycles. The van der Waals surface area contributed by atoms with E-state index in [0.29, 0.717) is 22.7 Å². The van der Waals surface area contributed by atoms with Crippen LogP contribution in [0.25, 0.3) is 0 Å². The zero-order valence-corrected chi connectivity index (χ0v) is 15.2. The molecule has 0 amide bonds. The lowest BCUT2D eigenvalue weighted by molar-refractivity contribution is 0.409. The van der Waals surface area contributed by atoms with E-state index in [-0.39, 0.29) is 0 Å². The van der Waals surface area contributed by atoms with Crippen LogP contribution in [0.2, 0.25) is 10.2 Å². The minimum absolute atomic E-state index is 0.501. The van der Waals surface area contributed by atoms with E-state index in [0.717, 1.165) is 29.8 Å². The van der Waals surface area contributed by atoms with Crippen molar-refractivity contribution >= 4 is 29.2 Å². The average Bonchev–Trinajstić information content (AvgIpc) is 2.60. The molecule has 0 bridgehead atoms. The van der Waals surface area contributed by atoms with Crippen LogP contribution in [0.1, 0.15) is 11.1 Å². The lowest BCUT2D eigenvalue weighted by Gasteiger charge is -2.14. The summed E-state index contributed by atoms with van der Waals surface area (Å²) in [6.45, 7) is 1.32. The SMILES string of the molecule is CN=C(NCCc1ccc(Cl)nc1)NCc1ccc(Cl)cc1OC. The molecule has 0 aliphatic rings. The standard InChI is InChI=1S/C17H20Cl2N4O/c1-20-17(21-8-7-12-3-6-16(19)22-10-12)23-11-13-4-5-14(18)9-15(13)24-2/h3-6,9-10H,7-8,11H2,1-2H3,(H2,20,21,23). The topological polar surface area (TPSA) is 58.5 Å². The van der Waals surface area contributed by atoms with E-state index >= 15 is 0 Å². The van der Waals surface area contributed by atoms with Crippen molar-refractivity contribution in [2.24, 2.45) is 4.99 Å². The van der Waals surface area contributed by atoms with Crippen molar-refractivity contribution in [2.75, 3.05) is 20.7 Å².